The Balaban J connectivity index is 4.18. The molecule has 0 amide bonds. The molecule has 0 aliphatic carbocycles. The summed E-state index contributed by atoms with van der Waals surface area (Å²) in [6.45, 7) is 0.178. The van der Waals surface area contributed by atoms with Gasteiger partial charge in [-0.25, -0.2) is 13.5 Å². The molecule has 0 saturated heterocycles. The summed E-state index contributed by atoms with van der Waals surface area (Å²) < 4.78 is 40.5. The fourth-order valence-electron chi connectivity index (χ4n) is 0.486. The van der Waals surface area contributed by atoms with E-state index in [1.54, 1.807) is 0 Å². The highest BCUT2D eigenvalue weighted by Crippen LogP contribution is 2.57. The normalized spacial score (nSPS) is 17.5. The van der Waals surface area contributed by atoms with Crippen LogP contribution in [0.1, 0.15) is 6.92 Å². The minimum Gasteiger partial charge on any atom is -0.302 e. The predicted molar refractivity (Wildman–Crippen MR) is 48.6 cm³/mol. The van der Waals surface area contributed by atoms with E-state index in [0.29, 0.717) is 0 Å². The van der Waals surface area contributed by atoms with Crippen LogP contribution in [0.25, 0.3) is 0 Å². The van der Waals surface area contributed by atoms with Gasteiger partial charge in [0.05, 0.1) is 6.61 Å². The van der Waals surface area contributed by atoms with Crippen LogP contribution in [0.5, 0.6) is 0 Å². The lowest BCUT2D eigenvalue weighted by Gasteiger charge is -2.10. The van der Waals surface area contributed by atoms with Crippen molar-refractivity contribution in [3.05, 3.63) is 11.6 Å². The molecule has 0 spiro atoms. The van der Waals surface area contributed by atoms with Gasteiger partial charge < -0.3 is 14.7 Å². The van der Waals surface area contributed by atoms with Crippen molar-refractivity contribution in [3.63, 3.8) is 0 Å². The quantitative estimate of drug-likeness (QED) is 0.486. The van der Waals surface area contributed by atoms with Gasteiger partial charge in [0.2, 0.25) is 0 Å². The molecule has 0 aromatic heterocycles. The molecule has 0 aliphatic rings. The molecule has 0 aromatic carbocycles. The molecule has 0 rings (SSSR count). The highest BCUT2D eigenvalue weighted by Gasteiger charge is 2.31. The topological polar surface area (TPSA) is 113 Å². The van der Waals surface area contributed by atoms with Crippen molar-refractivity contribution in [2.75, 3.05) is 13.3 Å². The summed E-state index contributed by atoms with van der Waals surface area (Å²) in [7, 11) is -9.90. The summed E-state index contributed by atoms with van der Waals surface area (Å²) in [5.41, 5.74) is 0.256. The Morgan fingerprint density at radius 3 is 2.33 bits per heavy atom. The third-order valence-corrected chi connectivity index (χ3v) is 3.24. The first kappa shape index (κ1) is 14.9. The summed E-state index contributed by atoms with van der Waals surface area (Å²) >= 11 is 0. The van der Waals surface area contributed by atoms with E-state index in [1.165, 1.54) is 6.92 Å². The van der Waals surface area contributed by atoms with Gasteiger partial charge in [0, 0.05) is 0 Å². The number of alkyl halides is 1. The Bertz CT molecular complexity index is 321. The van der Waals surface area contributed by atoms with Crippen LogP contribution < -0.4 is 0 Å². The van der Waals surface area contributed by atoms with Crippen molar-refractivity contribution < 1.29 is 37.0 Å². The number of rotatable bonds is 6. The van der Waals surface area contributed by atoms with E-state index >= 15 is 0 Å². The van der Waals surface area contributed by atoms with E-state index in [2.05, 4.69) is 8.83 Å². The van der Waals surface area contributed by atoms with Crippen molar-refractivity contribution in [2.45, 2.75) is 6.92 Å². The lowest BCUT2D eigenvalue weighted by Crippen LogP contribution is -1.95. The second kappa shape index (κ2) is 5.86. The minimum atomic E-state index is -5.09. The lowest BCUT2D eigenvalue weighted by atomic mass is 10.3. The Morgan fingerprint density at radius 2 is 1.93 bits per heavy atom. The maximum absolute atomic E-state index is 11.9. The van der Waals surface area contributed by atoms with Gasteiger partial charge in [0.1, 0.15) is 6.67 Å². The summed E-state index contributed by atoms with van der Waals surface area (Å²) in [5.74, 6) is 0. The Hall–Kier alpha value is -0.0700. The Labute approximate surface area is 85.4 Å². The first-order chi connectivity index (χ1) is 6.66. The molecule has 1 unspecified atom stereocenters. The van der Waals surface area contributed by atoms with Crippen LogP contribution >= 0.6 is 15.6 Å². The van der Waals surface area contributed by atoms with Gasteiger partial charge in [0.15, 0.2) is 0 Å². The zero-order chi connectivity index (χ0) is 12.1. The van der Waals surface area contributed by atoms with Gasteiger partial charge in [-0.05, 0) is 12.5 Å². The monoisotopic (exact) mass is 264 g/mol. The molecule has 0 bridgehead atoms. The molecule has 0 aliphatic heterocycles. The molecule has 15 heavy (non-hydrogen) atoms. The zero-order valence-electron chi connectivity index (χ0n) is 7.74. The highest BCUT2D eigenvalue weighted by atomic mass is 31.3. The second-order valence-corrected chi connectivity index (χ2v) is 5.35. The highest BCUT2D eigenvalue weighted by molar-refractivity contribution is 7.60. The van der Waals surface area contributed by atoms with Gasteiger partial charge >= 0.3 is 15.6 Å². The van der Waals surface area contributed by atoms with Crippen LogP contribution in [-0.4, -0.2) is 28.0 Å². The van der Waals surface area contributed by atoms with Crippen molar-refractivity contribution >= 4 is 15.6 Å². The van der Waals surface area contributed by atoms with Crippen LogP contribution in [0, 0.1) is 0 Å². The van der Waals surface area contributed by atoms with E-state index in [4.69, 9.17) is 14.7 Å². The van der Waals surface area contributed by atoms with Crippen LogP contribution in [0.15, 0.2) is 11.6 Å². The summed E-state index contributed by atoms with van der Waals surface area (Å²) in [6.07, 6.45) is 1.14. The average molecular weight is 264 g/mol. The van der Waals surface area contributed by atoms with E-state index in [0.717, 1.165) is 6.08 Å². The first-order valence-electron chi connectivity index (χ1n) is 3.62. The number of allylic oxidation sites excluding steroid dienone is 1. The first-order valence-corrected chi connectivity index (χ1v) is 6.65. The van der Waals surface area contributed by atoms with Gasteiger partial charge in [-0.2, -0.15) is 4.31 Å². The standard InChI is InChI=1S/C5H11FO7P2/c1-5(4-6)2-3-12-15(10,11)13-14(7,8)9/h2H,3-4H2,1H3,(H,10,11)(H2,7,8,9)/b5-2+. The fraction of sp³-hybridized carbons (Fsp3) is 0.600. The Morgan fingerprint density at radius 1 is 1.40 bits per heavy atom. The van der Waals surface area contributed by atoms with Crippen molar-refractivity contribution in [3.8, 4) is 0 Å². The molecule has 0 saturated carbocycles. The molecule has 0 fully saturated rings. The number of halogens is 1. The van der Waals surface area contributed by atoms with E-state index in [-0.39, 0.29) is 5.57 Å². The van der Waals surface area contributed by atoms with E-state index in [9.17, 15) is 13.5 Å². The van der Waals surface area contributed by atoms with Gasteiger partial charge in [-0.15, -0.1) is 0 Å². The van der Waals surface area contributed by atoms with Gasteiger partial charge in [-0.3, -0.25) is 4.52 Å². The largest absolute Gasteiger partial charge is 0.481 e. The molecule has 3 N–H and O–H groups in total. The van der Waals surface area contributed by atoms with Crippen LogP contribution in [0.2, 0.25) is 0 Å². The fourth-order valence-corrected chi connectivity index (χ4v) is 2.01. The summed E-state index contributed by atoms with van der Waals surface area (Å²) in [5, 5.41) is 0. The summed E-state index contributed by atoms with van der Waals surface area (Å²) in [4.78, 5) is 25.1. The third kappa shape index (κ3) is 8.89. The second-order valence-electron chi connectivity index (χ2n) is 2.52. The molecule has 90 valence electrons. The molecule has 0 heterocycles. The molecule has 10 heteroatoms. The van der Waals surface area contributed by atoms with Crippen molar-refractivity contribution in [1.82, 2.24) is 0 Å². The summed E-state index contributed by atoms with van der Waals surface area (Å²) in [6, 6.07) is 0. The van der Waals surface area contributed by atoms with Crippen LogP contribution in [-0.2, 0) is 18.0 Å². The van der Waals surface area contributed by atoms with Gasteiger partial charge in [-0.1, -0.05) is 6.08 Å². The van der Waals surface area contributed by atoms with E-state index in [1.807, 2.05) is 0 Å². The molecule has 1 atom stereocenters. The van der Waals surface area contributed by atoms with Crippen LogP contribution in [0.3, 0.4) is 0 Å². The third-order valence-electron chi connectivity index (χ3n) is 1.09. The molecule has 0 aromatic rings. The smallest absolute Gasteiger partial charge is 0.302 e. The SMILES string of the molecule is C/C(=C\COP(=O)(O)OP(=O)(O)O)CF. The number of phosphoric ester groups is 1. The number of phosphoric acid groups is 2. The van der Waals surface area contributed by atoms with Crippen molar-refractivity contribution in [1.29, 1.82) is 0 Å². The maximum Gasteiger partial charge on any atom is 0.481 e. The van der Waals surface area contributed by atoms with Crippen LogP contribution in [0.4, 0.5) is 4.39 Å². The molecule has 7 nitrogen and oxygen atoms in total. The zero-order valence-corrected chi connectivity index (χ0v) is 9.53. The Kier molecular flexibility index (Phi) is 5.84. The number of hydrogen-bond acceptors (Lipinski definition) is 4. The lowest BCUT2D eigenvalue weighted by molar-refractivity contribution is 0.191. The molecule has 0 radical (unpaired) electrons. The number of hydrogen-bond donors (Lipinski definition) is 3. The van der Waals surface area contributed by atoms with Gasteiger partial charge in [0.25, 0.3) is 0 Å². The average Bonchev–Trinajstić information content (AvgIpc) is 1.98. The maximum atomic E-state index is 11.9. The van der Waals surface area contributed by atoms with E-state index < -0.39 is 28.9 Å². The molecular weight excluding hydrogens is 253 g/mol. The molecular formula is C5H11FO7P2. The minimum absolute atomic E-state index is 0.256. The van der Waals surface area contributed by atoms with Crippen molar-refractivity contribution in [2.24, 2.45) is 0 Å². The predicted octanol–water partition coefficient (Wildman–Crippen LogP) is 1.13.